The van der Waals surface area contributed by atoms with Crippen LogP contribution >= 0.6 is 0 Å². The van der Waals surface area contributed by atoms with Crippen LogP contribution in [0.25, 0.3) is 22.5 Å². The standard InChI is InChI=1S/C17H15FN2O/c1-20-17(13-4-3-5-14(18)10-13)11-16(19-20)12-6-8-15(21-2)9-7-12/h3-11H,1-2H3. The van der Waals surface area contributed by atoms with Crippen LogP contribution in [0.4, 0.5) is 4.39 Å². The fourth-order valence-corrected chi connectivity index (χ4v) is 2.29. The Morgan fingerprint density at radius 1 is 1.00 bits per heavy atom. The van der Waals surface area contributed by atoms with Gasteiger partial charge in [0.15, 0.2) is 0 Å². The number of benzene rings is 2. The molecule has 21 heavy (non-hydrogen) atoms. The Kier molecular flexibility index (Phi) is 3.44. The van der Waals surface area contributed by atoms with Crippen molar-refractivity contribution in [2.24, 2.45) is 7.05 Å². The third kappa shape index (κ3) is 2.65. The number of rotatable bonds is 3. The Labute approximate surface area is 122 Å². The molecule has 0 fully saturated rings. The predicted molar refractivity (Wildman–Crippen MR) is 80.6 cm³/mol. The zero-order valence-corrected chi connectivity index (χ0v) is 11.9. The molecule has 0 atom stereocenters. The first kappa shape index (κ1) is 13.4. The Hall–Kier alpha value is -2.62. The molecule has 106 valence electrons. The molecule has 0 radical (unpaired) electrons. The smallest absolute Gasteiger partial charge is 0.123 e. The van der Waals surface area contributed by atoms with Crippen molar-refractivity contribution in [3.8, 4) is 28.3 Å². The van der Waals surface area contributed by atoms with E-state index in [1.54, 1.807) is 17.9 Å². The number of aryl methyl sites for hydroxylation is 1. The molecule has 1 heterocycles. The van der Waals surface area contributed by atoms with Crippen LogP contribution in [0.1, 0.15) is 0 Å². The minimum atomic E-state index is -0.250. The van der Waals surface area contributed by atoms with E-state index in [2.05, 4.69) is 5.10 Å². The molecular formula is C17H15FN2O. The molecule has 2 aromatic carbocycles. The molecule has 1 aromatic heterocycles. The minimum absolute atomic E-state index is 0.250. The first-order chi connectivity index (χ1) is 10.2. The van der Waals surface area contributed by atoms with E-state index in [0.29, 0.717) is 0 Å². The van der Waals surface area contributed by atoms with Gasteiger partial charge in [0.25, 0.3) is 0 Å². The van der Waals surface area contributed by atoms with Crippen molar-refractivity contribution in [2.75, 3.05) is 7.11 Å². The fraction of sp³-hybridized carbons (Fsp3) is 0.118. The van der Waals surface area contributed by atoms with Crippen molar-refractivity contribution < 1.29 is 9.13 Å². The summed E-state index contributed by atoms with van der Waals surface area (Å²) < 4.78 is 20.3. The van der Waals surface area contributed by atoms with Crippen LogP contribution in [0.15, 0.2) is 54.6 Å². The molecule has 3 nitrogen and oxygen atoms in total. The van der Waals surface area contributed by atoms with Crippen molar-refractivity contribution in [1.82, 2.24) is 9.78 Å². The fourth-order valence-electron chi connectivity index (χ4n) is 2.29. The van der Waals surface area contributed by atoms with Gasteiger partial charge in [0.2, 0.25) is 0 Å². The van der Waals surface area contributed by atoms with E-state index in [9.17, 15) is 4.39 Å². The third-order valence-corrected chi connectivity index (χ3v) is 3.39. The van der Waals surface area contributed by atoms with E-state index in [1.807, 2.05) is 43.4 Å². The number of ether oxygens (including phenoxy) is 1. The number of nitrogens with zero attached hydrogens (tertiary/aromatic N) is 2. The molecule has 0 bridgehead atoms. The molecule has 0 spiro atoms. The van der Waals surface area contributed by atoms with Crippen LogP contribution in [-0.4, -0.2) is 16.9 Å². The van der Waals surface area contributed by atoms with Gasteiger partial charge in [0, 0.05) is 18.2 Å². The van der Waals surface area contributed by atoms with Gasteiger partial charge in [0.1, 0.15) is 11.6 Å². The second kappa shape index (κ2) is 5.40. The van der Waals surface area contributed by atoms with Crippen LogP contribution in [0, 0.1) is 5.82 Å². The van der Waals surface area contributed by atoms with Gasteiger partial charge in [-0.05, 0) is 42.5 Å². The van der Waals surface area contributed by atoms with Crippen LogP contribution in [-0.2, 0) is 7.05 Å². The zero-order chi connectivity index (χ0) is 14.8. The quantitative estimate of drug-likeness (QED) is 0.728. The van der Waals surface area contributed by atoms with Crippen molar-refractivity contribution in [1.29, 1.82) is 0 Å². The Morgan fingerprint density at radius 2 is 1.76 bits per heavy atom. The first-order valence-electron chi connectivity index (χ1n) is 6.62. The maximum Gasteiger partial charge on any atom is 0.123 e. The van der Waals surface area contributed by atoms with Crippen LogP contribution in [0.2, 0.25) is 0 Å². The third-order valence-electron chi connectivity index (χ3n) is 3.39. The van der Waals surface area contributed by atoms with Crippen molar-refractivity contribution in [3.63, 3.8) is 0 Å². The molecule has 0 aliphatic carbocycles. The molecule has 4 heteroatoms. The highest BCUT2D eigenvalue weighted by molar-refractivity contribution is 5.69. The summed E-state index contributed by atoms with van der Waals surface area (Å²) in [5.41, 5.74) is 3.53. The van der Waals surface area contributed by atoms with Gasteiger partial charge in [-0.15, -0.1) is 0 Å². The highest BCUT2D eigenvalue weighted by atomic mass is 19.1. The molecule has 0 N–H and O–H groups in total. The van der Waals surface area contributed by atoms with Crippen molar-refractivity contribution in [3.05, 3.63) is 60.4 Å². The molecule has 0 amide bonds. The van der Waals surface area contributed by atoms with Crippen LogP contribution in [0.3, 0.4) is 0 Å². The maximum atomic E-state index is 13.4. The van der Waals surface area contributed by atoms with E-state index in [-0.39, 0.29) is 5.82 Å². The van der Waals surface area contributed by atoms with E-state index < -0.39 is 0 Å². The van der Waals surface area contributed by atoms with Gasteiger partial charge >= 0.3 is 0 Å². The summed E-state index contributed by atoms with van der Waals surface area (Å²) in [4.78, 5) is 0. The van der Waals surface area contributed by atoms with E-state index in [0.717, 1.165) is 28.3 Å². The maximum absolute atomic E-state index is 13.4. The average molecular weight is 282 g/mol. The van der Waals surface area contributed by atoms with Crippen molar-refractivity contribution in [2.45, 2.75) is 0 Å². The van der Waals surface area contributed by atoms with Gasteiger partial charge in [-0.3, -0.25) is 4.68 Å². The molecule has 0 aliphatic rings. The number of hydrogen-bond donors (Lipinski definition) is 0. The van der Waals surface area contributed by atoms with Gasteiger partial charge < -0.3 is 4.74 Å². The van der Waals surface area contributed by atoms with Gasteiger partial charge in [0.05, 0.1) is 18.5 Å². The lowest BCUT2D eigenvalue weighted by atomic mass is 10.1. The Bertz CT molecular complexity index is 763. The summed E-state index contributed by atoms with van der Waals surface area (Å²) in [7, 11) is 3.49. The van der Waals surface area contributed by atoms with Crippen molar-refractivity contribution >= 4 is 0 Å². The van der Waals surface area contributed by atoms with Crippen LogP contribution < -0.4 is 4.74 Å². The van der Waals surface area contributed by atoms with E-state index in [1.165, 1.54) is 12.1 Å². The lowest BCUT2D eigenvalue weighted by Crippen LogP contribution is -1.94. The molecule has 3 aromatic rings. The summed E-state index contributed by atoms with van der Waals surface area (Å²) in [6, 6.07) is 16.2. The normalized spacial score (nSPS) is 10.6. The molecule has 3 rings (SSSR count). The first-order valence-corrected chi connectivity index (χ1v) is 6.62. The largest absolute Gasteiger partial charge is 0.497 e. The summed E-state index contributed by atoms with van der Waals surface area (Å²) in [5.74, 6) is 0.555. The SMILES string of the molecule is COc1ccc(-c2cc(-c3cccc(F)c3)n(C)n2)cc1. The molecule has 0 saturated heterocycles. The molecule has 0 saturated carbocycles. The van der Waals surface area contributed by atoms with E-state index in [4.69, 9.17) is 4.74 Å². The predicted octanol–water partition coefficient (Wildman–Crippen LogP) is 3.90. The Balaban J connectivity index is 2.00. The second-order valence-corrected chi connectivity index (χ2v) is 4.78. The Morgan fingerprint density at radius 3 is 2.43 bits per heavy atom. The average Bonchev–Trinajstić information content (AvgIpc) is 2.89. The molecule has 0 aliphatic heterocycles. The molecular weight excluding hydrogens is 267 g/mol. The second-order valence-electron chi connectivity index (χ2n) is 4.78. The highest BCUT2D eigenvalue weighted by Gasteiger charge is 2.09. The lowest BCUT2D eigenvalue weighted by molar-refractivity contribution is 0.415. The molecule has 0 unspecified atom stereocenters. The summed E-state index contributed by atoms with van der Waals surface area (Å²) in [5, 5.41) is 4.50. The van der Waals surface area contributed by atoms with Gasteiger partial charge in [-0.25, -0.2) is 4.39 Å². The highest BCUT2D eigenvalue weighted by Crippen LogP contribution is 2.27. The van der Waals surface area contributed by atoms with Crippen LogP contribution in [0.5, 0.6) is 5.75 Å². The minimum Gasteiger partial charge on any atom is -0.497 e. The summed E-state index contributed by atoms with van der Waals surface area (Å²) in [6.07, 6.45) is 0. The summed E-state index contributed by atoms with van der Waals surface area (Å²) >= 11 is 0. The number of halogens is 1. The number of aromatic nitrogens is 2. The number of hydrogen-bond acceptors (Lipinski definition) is 2. The van der Waals surface area contributed by atoms with Gasteiger partial charge in [-0.1, -0.05) is 12.1 Å². The zero-order valence-electron chi connectivity index (χ0n) is 11.9. The monoisotopic (exact) mass is 282 g/mol. The van der Waals surface area contributed by atoms with E-state index >= 15 is 0 Å². The topological polar surface area (TPSA) is 27.1 Å². The summed E-state index contributed by atoms with van der Waals surface area (Å²) in [6.45, 7) is 0. The van der Waals surface area contributed by atoms with Gasteiger partial charge in [-0.2, -0.15) is 5.10 Å². The lowest BCUT2D eigenvalue weighted by Gasteiger charge is -2.00. The number of methoxy groups -OCH3 is 1.